The Balaban J connectivity index is 3.13. The smallest absolute Gasteiger partial charge is 0.307 e. The summed E-state index contributed by atoms with van der Waals surface area (Å²) in [5.41, 5.74) is 4.81. The van der Waals surface area contributed by atoms with Crippen LogP contribution in [0.5, 0.6) is 0 Å². The Morgan fingerprint density at radius 1 is 1.33 bits per heavy atom. The number of benzene rings is 1. The molecule has 0 aliphatic heterocycles. The van der Waals surface area contributed by atoms with Crippen LogP contribution in [0.3, 0.4) is 0 Å². The minimum Gasteiger partial charge on any atom is -0.481 e. The van der Waals surface area contributed by atoms with Gasteiger partial charge in [-0.15, -0.1) is 0 Å². The summed E-state index contributed by atoms with van der Waals surface area (Å²) in [5, 5.41) is 8.69. The molecule has 0 saturated heterocycles. The van der Waals surface area contributed by atoms with Gasteiger partial charge in [0.05, 0.1) is 6.42 Å². The number of hydrogen-bond acceptors (Lipinski definition) is 1. The number of aliphatic carboxylic acids is 1. The maximum Gasteiger partial charge on any atom is 0.307 e. The van der Waals surface area contributed by atoms with Crippen molar-refractivity contribution in [1.29, 1.82) is 0 Å². The fourth-order valence-corrected chi connectivity index (χ4v) is 2.03. The fraction of sp³-hybridized carbons (Fsp3) is 0.438. The van der Waals surface area contributed by atoms with Gasteiger partial charge in [-0.05, 0) is 41.5 Å². The first-order chi connectivity index (χ1) is 8.21. The lowest BCUT2D eigenvalue weighted by molar-refractivity contribution is -0.135. The van der Waals surface area contributed by atoms with E-state index in [0.717, 1.165) is 11.1 Å². The summed E-state index contributed by atoms with van der Waals surface area (Å²) >= 11 is 0. The monoisotopic (exact) mass is 246 g/mol. The van der Waals surface area contributed by atoms with Gasteiger partial charge in [0.25, 0.3) is 0 Å². The lowest BCUT2D eigenvalue weighted by Gasteiger charge is -2.22. The standard InChI is InChI=1S/C16H22O2/c1-11(7-9-15(17)18)13-8-6-12(2)14(10-13)16(3,4)5/h6-8,10H,9H2,1-5H3,(H,17,18)/b11-7+. The van der Waals surface area contributed by atoms with E-state index in [9.17, 15) is 4.79 Å². The summed E-state index contributed by atoms with van der Waals surface area (Å²) in [6.45, 7) is 10.6. The first-order valence-corrected chi connectivity index (χ1v) is 6.22. The van der Waals surface area contributed by atoms with Crippen LogP contribution < -0.4 is 0 Å². The number of rotatable bonds is 3. The van der Waals surface area contributed by atoms with Crippen LogP contribution in [0.1, 0.15) is 50.8 Å². The topological polar surface area (TPSA) is 37.3 Å². The summed E-state index contributed by atoms with van der Waals surface area (Å²) in [7, 11) is 0. The van der Waals surface area contributed by atoms with Crippen LogP contribution in [0.25, 0.3) is 5.57 Å². The molecule has 0 amide bonds. The van der Waals surface area contributed by atoms with E-state index in [1.165, 1.54) is 11.1 Å². The van der Waals surface area contributed by atoms with Gasteiger partial charge in [0.15, 0.2) is 0 Å². The first-order valence-electron chi connectivity index (χ1n) is 6.22. The predicted molar refractivity (Wildman–Crippen MR) is 75.8 cm³/mol. The molecular formula is C16H22O2. The lowest BCUT2D eigenvalue weighted by atomic mass is 9.82. The Hall–Kier alpha value is -1.57. The van der Waals surface area contributed by atoms with Gasteiger partial charge in [-0.2, -0.15) is 0 Å². The molecule has 0 aromatic heterocycles. The molecule has 2 heteroatoms. The zero-order valence-corrected chi connectivity index (χ0v) is 11.9. The molecule has 0 fully saturated rings. The molecule has 0 bridgehead atoms. The van der Waals surface area contributed by atoms with Crippen molar-refractivity contribution in [2.24, 2.45) is 0 Å². The molecule has 0 atom stereocenters. The maximum absolute atomic E-state index is 10.6. The Labute approximate surface area is 109 Å². The van der Waals surface area contributed by atoms with E-state index in [0.29, 0.717) is 0 Å². The molecule has 0 radical (unpaired) electrons. The highest BCUT2D eigenvalue weighted by Gasteiger charge is 2.16. The van der Waals surface area contributed by atoms with E-state index in [4.69, 9.17) is 5.11 Å². The molecule has 0 saturated carbocycles. The van der Waals surface area contributed by atoms with E-state index in [-0.39, 0.29) is 11.8 Å². The van der Waals surface area contributed by atoms with Crippen molar-refractivity contribution in [3.8, 4) is 0 Å². The fourth-order valence-electron chi connectivity index (χ4n) is 2.03. The number of carbonyl (C=O) groups is 1. The minimum atomic E-state index is -0.794. The van der Waals surface area contributed by atoms with Gasteiger partial charge in [-0.1, -0.05) is 45.0 Å². The average Bonchev–Trinajstić information content (AvgIpc) is 2.24. The van der Waals surface area contributed by atoms with Gasteiger partial charge < -0.3 is 5.11 Å². The minimum absolute atomic E-state index is 0.0740. The number of carboxylic acid groups (broad SMARTS) is 1. The van der Waals surface area contributed by atoms with Crippen molar-refractivity contribution in [3.63, 3.8) is 0 Å². The van der Waals surface area contributed by atoms with Crippen LogP contribution in [0.15, 0.2) is 24.3 Å². The maximum atomic E-state index is 10.6. The third-order valence-electron chi connectivity index (χ3n) is 3.08. The molecule has 2 nitrogen and oxygen atoms in total. The average molecular weight is 246 g/mol. The second kappa shape index (κ2) is 5.38. The third-order valence-corrected chi connectivity index (χ3v) is 3.08. The highest BCUT2D eigenvalue weighted by atomic mass is 16.4. The molecular weight excluding hydrogens is 224 g/mol. The van der Waals surface area contributed by atoms with Gasteiger partial charge in [0, 0.05) is 0 Å². The van der Waals surface area contributed by atoms with E-state index in [2.05, 4.69) is 45.9 Å². The molecule has 0 aliphatic rings. The Kier molecular flexibility index (Phi) is 4.33. The van der Waals surface area contributed by atoms with Crippen molar-refractivity contribution in [1.82, 2.24) is 0 Å². The van der Waals surface area contributed by atoms with Crippen LogP contribution in [0.4, 0.5) is 0 Å². The van der Waals surface area contributed by atoms with Gasteiger partial charge in [0.1, 0.15) is 0 Å². The molecule has 98 valence electrons. The second-order valence-corrected chi connectivity index (χ2v) is 5.76. The molecule has 0 spiro atoms. The summed E-state index contributed by atoms with van der Waals surface area (Å²) in [6.07, 6.45) is 1.84. The second-order valence-electron chi connectivity index (χ2n) is 5.76. The van der Waals surface area contributed by atoms with E-state index < -0.39 is 5.97 Å². The van der Waals surface area contributed by atoms with E-state index in [1.807, 2.05) is 6.92 Å². The highest BCUT2D eigenvalue weighted by Crippen LogP contribution is 2.28. The van der Waals surface area contributed by atoms with Crippen LogP contribution in [0, 0.1) is 6.92 Å². The van der Waals surface area contributed by atoms with Crippen molar-refractivity contribution >= 4 is 11.5 Å². The molecule has 0 unspecified atom stereocenters. The van der Waals surface area contributed by atoms with Crippen molar-refractivity contribution < 1.29 is 9.90 Å². The zero-order chi connectivity index (χ0) is 13.9. The number of allylic oxidation sites excluding steroid dienone is 1. The number of aryl methyl sites for hydroxylation is 1. The Bertz CT molecular complexity index is 476. The van der Waals surface area contributed by atoms with Crippen molar-refractivity contribution in [3.05, 3.63) is 41.0 Å². The predicted octanol–water partition coefficient (Wildman–Crippen LogP) is 4.17. The third kappa shape index (κ3) is 3.73. The normalized spacial score (nSPS) is 12.6. The molecule has 1 rings (SSSR count). The van der Waals surface area contributed by atoms with Gasteiger partial charge in [-0.25, -0.2) is 0 Å². The van der Waals surface area contributed by atoms with Crippen LogP contribution in [-0.2, 0) is 10.2 Å². The SMILES string of the molecule is C/C(=C\CC(=O)O)c1ccc(C)c(C(C)(C)C)c1. The van der Waals surface area contributed by atoms with E-state index in [1.54, 1.807) is 6.08 Å². The summed E-state index contributed by atoms with van der Waals surface area (Å²) in [6, 6.07) is 6.33. The van der Waals surface area contributed by atoms with Crippen LogP contribution in [0.2, 0.25) is 0 Å². The molecule has 0 aliphatic carbocycles. The van der Waals surface area contributed by atoms with Crippen molar-refractivity contribution in [2.45, 2.75) is 46.5 Å². The lowest BCUT2D eigenvalue weighted by Crippen LogP contribution is -2.13. The quantitative estimate of drug-likeness (QED) is 0.869. The van der Waals surface area contributed by atoms with Gasteiger partial charge in [-0.3, -0.25) is 4.79 Å². The molecule has 0 heterocycles. The zero-order valence-electron chi connectivity index (χ0n) is 11.9. The summed E-state index contributed by atoms with van der Waals surface area (Å²) in [4.78, 5) is 10.6. The van der Waals surface area contributed by atoms with Crippen molar-refractivity contribution in [2.75, 3.05) is 0 Å². The van der Waals surface area contributed by atoms with Gasteiger partial charge in [0.2, 0.25) is 0 Å². The summed E-state index contributed by atoms with van der Waals surface area (Å²) < 4.78 is 0. The Morgan fingerprint density at radius 2 is 1.94 bits per heavy atom. The highest BCUT2D eigenvalue weighted by molar-refractivity contribution is 5.73. The first kappa shape index (κ1) is 14.5. The largest absolute Gasteiger partial charge is 0.481 e. The van der Waals surface area contributed by atoms with E-state index >= 15 is 0 Å². The molecule has 1 aromatic rings. The van der Waals surface area contributed by atoms with Gasteiger partial charge >= 0.3 is 5.97 Å². The number of carboxylic acids is 1. The molecule has 1 N–H and O–H groups in total. The molecule has 1 aromatic carbocycles. The van der Waals surface area contributed by atoms with Crippen LogP contribution >= 0.6 is 0 Å². The number of hydrogen-bond donors (Lipinski definition) is 1. The van der Waals surface area contributed by atoms with Crippen LogP contribution in [-0.4, -0.2) is 11.1 Å². The summed E-state index contributed by atoms with van der Waals surface area (Å²) in [5.74, 6) is -0.794. The molecule has 18 heavy (non-hydrogen) atoms. The Morgan fingerprint density at radius 3 is 2.44 bits per heavy atom.